The van der Waals surface area contributed by atoms with Crippen LogP contribution < -0.4 is 14.8 Å². The number of carbonyl (C=O) groups excluding carboxylic acids is 1. The van der Waals surface area contributed by atoms with Gasteiger partial charge in [0.25, 0.3) is 0 Å². The van der Waals surface area contributed by atoms with Crippen molar-refractivity contribution < 1.29 is 19.0 Å². The van der Waals surface area contributed by atoms with Gasteiger partial charge < -0.3 is 19.5 Å². The first-order valence-corrected chi connectivity index (χ1v) is 11.2. The monoisotopic (exact) mass is 425 g/mol. The van der Waals surface area contributed by atoms with Gasteiger partial charge in [-0.25, -0.2) is 0 Å². The van der Waals surface area contributed by atoms with Gasteiger partial charge in [0, 0.05) is 12.0 Å². The van der Waals surface area contributed by atoms with Crippen LogP contribution in [0.25, 0.3) is 0 Å². The summed E-state index contributed by atoms with van der Waals surface area (Å²) in [6.45, 7) is 9.93. The lowest BCUT2D eigenvalue weighted by Crippen LogP contribution is -2.31. The van der Waals surface area contributed by atoms with Gasteiger partial charge in [-0.15, -0.1) is 0 Å². The number of hydrogen-bond donors (Lipinski definition) is 1. The second-order valence-electron chi connectivity index (χ2n) is 9.00. The number of benzene rings is 2. The summed E-state index contributed by atoms with van der Waals surface area (Å²) in [5, 5.41) is 3.06. The third-order valence-corrected chi connectivity index (χ3v) is 5.75. The molecular formula is C26H35NO4. The molecule has 31 heavy (non-hydrogen) atoms. The van der Waals surface area contributed by atoms with E-state index in [2.05, 4.69) is 30.4 Å². The largest absolute Gasteiger partial charge is 0.493 e. The molecule has 168 valence electrons. The number of anilines is 1. The Kier molecular flexibility index (Phi) is 7.97. The number of carbonyl (C=O) groups is 1. The number of para-hydroxylation sites is 2. The number of aryl methyl sites for hydroxylation is 2. The summed E-state index contributed by atoms with van der Waals surface area (Å²) in [4.78, 5) is 13.0. The Labute approximate surface area is 186 Å². The maximum Gasteiger partial charge on any atom is 0.230 e. The van der Waals surface area contributed by atoms with E-state index in [0.29, 0.717) is 24.7 Å². The second kappa shape index (κ2) is 10.7. The third kappa shape index (κ3) is 6.73. The second-order valence-corrected chi connectivity index (χ2v) is 9.00. The molecule has 0 radical (unpaired) electrons. The van der Waals surface area contributed by atoms with Gasteiger partial charge in [-0.05, 0) is 68.9 Å². The van der Waals surface area contributed by atoms with Crippen molar-refractivity contribution in [2.24, 2.45) is 5.41 Å². The first-order valence-electron chi connectivity index (χ1n) is 11.2. The molecular weight excluding hydrogens is 390 g/mol. The van der Waals surface area contributed by atoms with Crippen molar-refractivity contribution in [2.75, 3.05) is 25.1 Å². The van der Waals surface area contributed by atoms with Crippen LogP contribution >= 0.6 is 0 Å². The van der Waals surface area contributed by atoms with Gasteiger partial charge in [-0.3, -0.25) is 4.79 Å². The molecule has 1 N–H and O–H groups in total. The van der Waals surface area contributed by atoms with Gasteiger partial charge in [0.15, 0.2) is 0 Å². The molecule has 1 saturated heterocycles. The third-order valence-electron chi connectivity index (χ3n) is 5.75. The van der Waals surface area contributed by atoms with Gasteiger partial charge in [-0.2, -0.15) is 0 Å². The first kappa shape index (κ1) is 23.1. The fourth-order valence-electron chi connectivity index (χ4n) is 3.62. The summed E-state index contributed by atoms with van der Waals surface area (Å²) in [7, 11) is 0. The fourth-order valence-corrected chi connectivity index (χ4v) is 3.62. The SMILES string of the molecule is Cc1ccc(C)c(OCCCC(C)(C)C(=O)Nc2ccccc2OCC2CCCO2)c1. The summed E-state index contributed by atoms with van der Waals surface area (Å²) in [6.07, 6.45) is 3.75. The number of nitrogens with one attached hydrogen (secondary N) is 1. The van der Waals surface area contributed by atoms with Crippen molar-refractivity contribution in [3.05, 3.63) is 53.6 Å². The number of hydrogen-bond acceptors (Lipinski definition) is 4. The van der Waals surface area contributed by atoms with E-state index in [9.17, 15) is 4.79 Å². The zero-order valence-electron chi connectivity index (χ0n) is 19.2. The molecule has 0 saturated carbocycles. The van der Waals surface area contributed by atoms with Crippen molar-refractivity contribution >= 4 is 11.6 Å². The van der Waals surface area contributed by atoms with Gasteiger partial charge in [0.1, 0.15) is 18.1 Å². The smallest absolute Gasteiger partial charge is 0.230 e. The minimum absolute atomic E-state index is 0.0209. The number of amides is 1. The van der Waals surface area contributed by atoms with Crippen LogP contribution in [0, 0.1) is 19.3 Å². The highest BCUT2D eigenvalue weighted by Gasteiger charge is 2.28. The van der Waals surface area contributed by atoms with Crippen molar-refractivity contribution in [1.82, 2.24) is 0 Å². The van der Waals surface area contributed by atoms with Crippen molar-refractivity contribution in [3.8, 4) is 11.5 Å². The molecule has 0 aliphatic carbocycles. The van der Waals surface area contributed by atoms with E-state index in [0.717, 1.165) is 43.6 Å². The predicted molar refractivity (Wildman–Crippen MR) is 124 cm³/mol. The molecule has 0 spiro atoms. The fraction of sp³-hybridized carbons (Fsp3) is 0.500. The van der Waals surface area contributed by atoms with Gasteiger partial charge in [-0.1, -0.05) is 38.1 Å². The highest BCUT2D eigenvalue weighted by molar-refractivity contribution is 5.96. The van der Waals surface area contributed by atoms with Crippen LogP contribution in [0.5, 0.6) is 11.5 Å². The Morgan fingerprint density at radius 1 is 1.13 bits per heavy atom. The molecule has 5 nitrogen and oxygen atoms in total. The maximum absolute atomic E-state index is 13.0. The van der Waals surface area contributed by atoms with Crippen molar-refractivity contribution in [3.63, 3.8) is 0 Å². The summed E-state index contributed by atoms with van der Waals surface area (Å²) in [5.74, 6) is 1.58. The molecule has 1 unspecified atom stereocenters. The van der Waals surface area contributed by atoms with Crippen LogP contribution in [0.4, 0.5) is 5.69 Å². The number of rotatable bonds is 10. The normalized spacial score (nSPS) is 16.2. The molecule has 1 fully saturated rings. The molecule has 2 aromatic carbocycles. The topological polar surface area (TPSA) is 56.8 Å². The summed E-state index contributed by atoms with van der Waals surface area (Å²) in [5.41, 5.74) is 2.49. The average molecular weight is 426 g/mol. The standard InChI is InChI=1S/C26H35NO4/c1-19-12-13-20(2)24(17-19)30-16-8-14-26(3,4)25(28)27-22-10-5-6-11-23(22)31-18-21-9-7-15-29-21/h5-6,10-13,17,21H,7-9,14-16,18H2,1-4H3,(H,27,28). The maximum atomic E-state index is 13.0. The quantitative estimate of drug-likeness (QED) is 0.497. The lowest BCUT2D eigenvalue weighted by Gasteiger charge is -2.24. The van der Waals surface area contributed by atoms with Gasteiger partial charge in [0.05, 0.1) is 18.4 Å². The molecule has 0 bridgehead atoms. The Hall–Kier alpha value is -2.53. The molecule has 3 rings (SSSR count). The molecule has 1 aliphatic heterocycles. The van der Waals surface area contributed by atoms with E-state index >= 15 is 0 Å². The zero-order chi connectivity index (χ0) is 22.3. The highest BCUT2D eigenvalue weighted by atomic mass is 16.5. The summed E-state index contributed by atoms with van der Waals surface area (Å²) >= 11 is 0. The van der Waals surface area contributed by atoms with Crippen molar-refractivity contribution in [1.29, 1.82) is 0 Å². The van der Waals surface area contributed by atoms with E-state index < -0.39 is 5.41 Å². The van der Waals surface area contributed by atoms with E-state index in [1.807, 2.05) is 45.0 Å². The zero-order valence-corrected chi connectivity index (χ0v) is 19.2. The molecule has 1 aliphatic rings. The summed E-state index contributed by atoms with van der Waals surface area (Å²) < 4.78 is 17.5. The molecule has 0 aromatic heterocycles. The van der Waals surface area contributed by atoms with E-state index in [-0.39, 0.29) is 12.0 Å². The summed E-state index contributed by atoms with van der Waals surface area (Å²) in [6, 6.07) is 13.8. The minimum Gasteiger partial charge on any atom is -0.493 e. The number of ether oxygens (including phenoxy) is 3. The molecule has 2 aromatic rings. The van der Waals surface area contributed by atoms with Crippen LogP contribution in [-0.2, 0) is 9.53 Å². The highest BCUT2D eigenvalue weighted by Crippen LogP contribution is 2.30. The van der Waals surface area contributed by atoms with Crippen LogP contribution in [0.15, 0.2) is 42.5 Å². The molecule has 1 heterocycles. The Morgan fingerprint density at radius 2 is 1.94 bits per heavy atom. The molecule has 1 atom stereocenters. The average Bonchev–Trinajstić information content (AvgIpc) is 3.26. The van der Waals surface area contributed by atoms with Crippen LogP contribution in [0.3, 0.4) is 0 Å². The van der Waals surface area contributed by atoms with Crippen LogP contribution in [0.2, 0.25) is 0 Å². The van der Waals surface area contributed by atoms with Crippen LogP contribution in [0.1, 0.15) is 50.7 Å². The molecule has 1 amide bonds. The lowest BCUT2D eigenvalue weighted by atomic mass is 9.87. The van der Waals surface area contributed by atoms with E-state index in [1.165, 1.54) is 5.56 Å². The lowest BCUT2D eigenvalue weighted by molar-refractivity contribution is -0.124. The minimum atomic E-state index is -0.521. The Balaban J connectivity index is 1.50. The van der Waals surface area contributed by atoms with Gasteiger partial charge in [0.2, 0.25) is 5.91 Å². The Bertz CT molecular complexity index is 871. The first-order chi connectivity index (χ1) is 14.8. The van der Waals surface area contributed by atoms with Crippen molar-refractivity contribution in [2.45, 2.75) is 59.5 Å². The Morgan fingerprint density at radius 3 is 2.71 bits per heavy atom. The predicted octanol–water partition coefficient (Wildman–Crippen LogP) is 5.69. The van der Waals surface area contributed by atoms with E-state index in [1.54, 1.807) is 0 Å². The molecule has 5 heteroatoms. The van der Waals surface area contributed by atoms with Gasteiger partial charge >= 0.3 is 0 Å². The van der Waals surface area contributed by atoms with E-state index in [4.69, 9.17) is 14.2 Å². The van der Waals surface area contributed by atoms with Crippen LogP contribution in [-0.4, -0.2) is 31.8 Å².